The van der Waals surface area contributed by atoms with E-state index in [4.69, 9.17) is 27.9 Å². The fourth-order valence-electron chi connectivity index (χ4n) is 4.11. The monoisotopic (exact) mass is 565 g/mol. The van der Waals surface area contributed by atoms with Gasteiger partial charge in [0.05, 0.1) is 20.6 Å². The van der Waals surface area contributed by atoms with Gasteiger partial charge in [0.15, 0.2) is 5.17 Å². The molecule has 0 radical (unpaired) electrons. The Morgan fingerprint density at radius 2 is 1.82 bits per heavy atom. The number of amidine groups is 1. The van der Waals surface area contributed by atoms with Crippen LogP contribution in [0.3, 0.4) is 0 Å². The smallest absolute Gasteiger partial charge is 0.264 e. The van der Waals surface area contributed by atoms with Gasteiger partial charge in [0.1, 0.15) is 18.2 Å². The molecule has 1 aliphatic rings. The van der Waals surface area contributed by atoms with E-state index in [0.29, 0.717) is 37.1 Å². The quantitative estimate of drug-likeness (QED) is 0.241. The van der Waals surface area contributed by atoms with E-state index in [0.717, 1.165) is 22.6 Å². The Bertz CT molecular complexity index is 1600. The number of nitrogens with one attached hydrogen (secondary N) is 1. The molecule has 0 atom stereocenters. The van der Waals surface area contributed by atoms with Gasteiger partial charge in [0, 0.05) is 22.6 Å². The molecule has 0 spiro atoms. The second-order valence-electron chi connectivity index (χ2n) is 8.59. The molecule has 5 nitrogen and oxygen atoms in total. The Morgan fingerprint density at radius 3 is 2.58 bits per heavy atom. The maximum atomic E-state index is 13.9. The first kappa shape index (κ1) is 26.1. The van der Waals surface area contributed by atoms with E-state index in [9.17, 15) is 9.18 Å². The molecule has 4 aromatic rings. The van der Waals surface area contributed by atoms with Gasteiger partial charge < -0.3 is 14.6 Å². The lowest BCUT2D eigenvalue weighted by atomic mass is 10.2. The van der Waals surface area contributed by atoms with Gasteiger partial charge in [-0.05, 0) is 85.8 Å². The highest BCUT2D eigenvalue weighted by atomic mass is 35.5. The van der Waals surface area contributed by atoms with Gasteiger partial charge >= 0.3 is 0 Å². The van der Waals surface area contributed by atoms with Crippen molar-refractivity contribution in [2.75, 3.05) is 0 Å². The zero-order valence-corrected chi connectivity index (χ0v) is 22.8. The van der Waals surface area contributed by atoms with Crippen LogP contribution in [0.5, 0.6) is 5.75 Å². The summed E-state index contributed by atoms with van der Waals surface area (Å²) in [5.74, 6) is 0.130. The number of thioether (sulfide) groups is 1. The van der Waals surface area contributed by atoms with Crippen LogP contribution in [0.1, 0.15) is 22.5 Å². The number of benzene rings is 3. The van der Waals surface area contributed by atoms with Gasteiger partial charge in [0.2, 0.25) is 0 Å². The van der Waals surface area contributed by atoms with Crippen molar-refractivity contribution in [3.63, 3.8) is 0 Å². The lowest BCUT2D eigenvalue weighted by molar-refractivity contribution is -0.115. The summed E-state index contributed by atoms with van der Waals surface area (Å²) in [7, 11) is 0. The normalized spacial score (nSPS) is 15.3. The van der Waals surface area contributed by atoms with Gasteiger partial charge in [-0.1, -0.05) is 47.5 Å². The van der Waals surface area contributed by atoms with Crippen LogP contribution in [0.2, 0.25) is 10.0 Å². The predicted octanol–water partition coefficient (Wildman–Crippen LogP) is 8.01. The number of ether oxygens (including phenoxy) is 1. The van der Waals surface area contributed by atoms with Crippen LogP contribution < -0.4 is 10.1 Å². The fraction of sp³-hybridized carbons (Fsp3) is 0.103. The maximum absolute atomic E-state index is 13.9. The van der Waals surface area contributed by atoms with Crippen molar-refractivity contribution < 1.29 is 13.9 Å². The van der Waals surface area contributed by atoms with Crippen LogP contribution in [-0.4, -0.2) is 15.6 Å². The first-order valence-corrected chi connectivity index (χ1v) is 13.3. The number of rotatable bonds is 6. The molecule has 1 fully saturated rings. The highest BCUT2D eigenvalue weighted by molar-refractivity contribution is 8.18. The molecule has 38 heavy (non-hydrogen) atoms. The molecule has 2 heterocycles. The number of hydrogen-bond acceptors (Lipinski definition) is 4. The lowest BCUT2D eigenvalue weighted by Gasteiger charge is -2.12. The fourth-order valence-corrected chi connectivity index (χ4v) is 5.27. The summed E-state index contributed by atoms with van der Waals surface area (Å²) in [6, 6.07) is 21.4. The summed E-state index contributed by atoms with van der Waals surface area (Å²) in [6.45, 7) is 4.16. The second kappa shape index (κ2) is 11.1. The summed E-state index contributed by atoms with van der Waals surface area (Å²) in [5, 5.41) is 3.95. The van der Waals surface area contributed by atoms with Crippen molar-refractivity contribution in [3.05, 3.63) is 116 Å². The van der Waals surface area contributed by atoms with E-state index in [1.54, 1.807) is 36.4 Å². The Labute approximate surface area is 233 Å². The van der Waals surface area contributed by atoms with Gasteiger partial charge in [-0.25, -0.2) is 9.38 Å². The molecule has 0 unspecified atom stereocenters. The van der Waals surface area contributed by atoms with Crippen LogP contribution in [0.4, 0.5) is 10.1 Å². The predicted molar refractivity (Wildman–Crippen MR) is 153 cm³/mol. The summed E-state index contributed by atoms with van der Waals surface area (Å²) in [6.07, 6.45) is 1.85. The minimum absolute atomic E-state index is 0.153. The number of carbonyl (C=O) groups excluding carboxylic acids is 1. The van der Waals surface area contributed by atoms with Crippen molar-refractivity contribution in [1.29, 1.82) is 0 Å². The number of amides is 1. The number of aryl methyl sites for hydroxylation is 1. The van der Waals surface area contributed by atoms with Crippen molar-refractivity contribution in [2.45, 2.75) is 20.5 Å². The molecule has 0 aliphatic carbocycles. The molecule has 1 aliphatic heterocycles. The standard InChI is InChI=1S/C29H22Cl2FN3O2S/c1-17-14-20(15-26-28(36)34-29(38-26)33-25-9-5-7-23(30)27(25)31)18(2)35(17)21-10-12-22(13-11-21)37-16-19-6-3-4-8-24(19)32/h3-15H,16H2,1-2H3,(H,33,34,36)/b26-15+. The molecule has 5 rings (SSSR count). The molecule has 1 saturated heterocycles. The molecule has 9 heteroatoms. The van der Waals surface area contributed by atoms with Crippen molar-refractivity contribution >= 4 is 57.8 Å². The van der Waals surface area contributed by atoms with Crippen LogP contribution >= 0.6 is 35.0 Å². The third kappa shape index (κ3) is 5.50. The minimum atomic E-state index is -0.287. The highest BCUT2D eigenvalue weighted by Crippen LogP contribution is 2.35. The van der Waals surface area contributed by atoms with Crippen molar-refractivity contribution in [1.82, 2.24) is 9.88 Å². The number of hydrogen-bond donors (Lipinski definition) is 1. The molecule has 0 bridgehead atoms. The molecule has 1 N–H and O–H groups in total. The summed E-state index contributed by atoms with van der Waals surface area (Å²) in [4.78, 5) is 17.6. The SMILES string of the molecule is Cc1cc(/C=C2/SC(=Nc3cccc(Cl)c3Cl)NC2=O)c(C)n1-c1ccc(OCc2ccccc2F)cc1. The van der Waals surface area contributed by atoms with Gasteiger partial charge in [-0.15, -0.1) is 0 Å². The number of carbonyl (C=O) groups is 1. The molecule has 3 aromatic carbocycles. The Balaban J connectivity index is 1.34. The van der Waals surface area contributed by atoms with Crippen LogP contribution in [0.15, 0.2) is 82.7 Å². The zero-order chi connectivity index (χ0) is 26.8. The average Bonchev–Trinajstić information content (AvgIpc) is 3.39. The van der Waals surface area contributed by atoms with Crippen molar-refractivity contribution in [3.8, 4) is 11.4 Å². The zero-order valence-electron chi connectivity index (χ0n) is 20.5. The van der Waals surface area contributed by atoms with Crippen LogP contribution in [-0.2, 0) is 11.4 Å². The molecular formula is C29H22Cl2FN3O2S. The highest BCUT2D eigenvalue weighted by Gasteiger charge is 2.25. The number of aromatic nitrogens is 1. The minimum Gasteiger partial charge on any atom is -0.489 e. The topological polar surface area (TPSA) is 55.6 Å². The molecule has 0 saturated carbocycles. The van der Waals surface area contributed by atoms with Crippen molar-refractivity contribution in [2.24, 2.45) is 4.99 Å². The Hall–Kier alpha value is -3.52. The third-order valence-electron chi connectivity index (χ3n) is 6.01. The molecule has 192 valence electrons. The van der Waals surface area contributed by atoms with E-state index in [1.165, 1.54) is 17.8 Å². The number of aliphatic imine (C=N–C) groups is 1. The molecular weight excluding hydrogens is 544 g/mol. The average molecular weight is 566 g/mol. The van der Waals surface area contributed by atoms with Gasteiger partial charge in [0.25, 0.3) is 5.91 Å². The number of nitrogens with zero attached hydrogens (tertiary/aromatic N) is 2. The van der Waals surface area contributed by atoms with Gasteiger partial charge in [-0.3, -0.25) is 4.79 Å². The lowest BCUT2D eigenvalue weighted by Crippen LogP contribution is -2.19. The molecule has 1 aromatic heterocycles. The molecule has 1 amide bonds. The van der Waals surface area contributed by atoms with Crippen LogP contribution in [0, 0.1) is 19.7 Å². The summed E-state index contributed by atoms with van der Waals surface area (Å²) < 4.78 is 21.7. The van der Waals surface area contributed by atoms with E-state index in [2.05, 4.69) is 14.9 Å². The van der Waals surface area contributed by atoms with Crippen LogP contribution in [0.25, 0.3) is 11.8 Å². The Kier molecular flexibility index (Phi) is 7.61. The first-order valence-electron chi connectivity index (χ1n) is 11.7. The van der Waals surface area contributed by atoms with E-state index in [1.807, 2.05) is 50.3 Å². The second-order valence-corrected chi connectivity index (χ2v) is 10.4. The number of halogens is 3. The maximum Gasteiger partial charge on any atom is 0.264 e. The first-order chi connectivity index (χ1) is 18.3. The Morgan fingerprint density at radius 1 is 1.05 bits per heavy atom. The van der Waals surface area contributed by atoms with Gasteiger partial charge in [-0.2, -0.15) is 0 Å². The van der Waals surface area contributed by atoms with E-state index >= 15 is 0 Å². The van der Waals surface area contributed by atoms with E-state index < -0.39 is 0 Å². The summed E-state index contributed by atoms with van der Waals surface area (Å²) in [5.41, 5.74) is 4.85. The largest absolute Gasteiger partial charge is 0.489 e. The van der Waals surface area contributed by atoms with E-state index in [-0.39, 0.29) is 18.3 Å². The third-order valence-corrected chi connectivity index (χ3v) is 7.73. The summed E-state index contributed by atoms with van der Waals surface area (Å²) >= 11 is 13.6.